The zero-order valence-electron chi connectivity index (χ0n) is 25.5. The summed E-state index contributed by atoms with van der Waals surface area (Å²) in [5.41, 5.74) is 3.10. The molecule has 0 aliphatic heterocycles. The fraction of sp³-hybridized carbons (Fsp3) is 0.400. The molecule has 3 N–H and O–H groups in total. The lowest BCUT2D eigenvalue weighted by Crippen LogP contribution is -2.55. The molecule has 2 atom stereocenters. The highest BCUT2D eigenvalue weighted by molar-refractivity contribution is 7.99. The molecule has 0 aromatic heterocycles. The Labute approximate surface area is 260 Å². The van der Waals surface area contributed by atoms with Gasteiger partial charge in [-0.1, -0.05) is 100.0 Å². The molecule has 0 saturated carbocycles. The quantitative estimate of drug-likeness (QED) is 0.115. The molecule has 0 heterocycles. The highest BCUT2D eigenvalue weighted by Crippen LogP contribution is 2.23. The largest absolute Gasteiger partial charge is 0.481 e. The highest BCUT2D eigenvalue weighted by Gasteiger charge is 2.30. The van der Waals surface area contributed by atoms with E-state index in [1.165, 1.54) is 11.8 Å². The van der Waals surface area contributed by atoms with Gasteiger partial charge >= 0.3 is 12.0 Å². The molecule has 3 rings (SSSR count). The van der Waals surface area contributed by atoms with Crippen LogP contribution in [0.4, 0.5) is 4.79 Å². The number of amides is 3. The van der Waals surface area contributed by atoms with Crippen LogP contribution in [0.1, 0.15) is 52.0 Å². The molecule has 1 unspecified atom stereocenters. The minimum atomic E-state index is -0.964. The van der Waals surface area contributed by atoms with E-state index in [0.29, 0.717) is 37.6 Å². The number of nitrogens with one attached hydrogen (secondary N) is 2. The van der Waals surface area contributed by atoms with Crippen LogP contribution < -0.4 is 10.6 Å². The summed E-state index contributed by atoms with van der Waals surface area (Å²) in [6.07, 6.45) is 2.64. The Bertz CT molecular complexity index is 1270. The van der Waals surface area contributed by atoms with E-state index in [-0.39, 0.29) is 12.3 Å². The number of unbranched alkanes of at least 4 members (excludes halogenated alkanes) is 1. The molecule has 3 amide bonds. The molecule has 43 heavy (non-hydrogen) atoms. The van der Waals surface area contributed by atoms with Crippen molar-refractivity contribution >= 4 is 29.7 Å². The first kappa shape index (κ1) is 33.7. The third kappa shape index (κ3) is 11.8. The summed E-state index contributed by atoms with van der Waals surface area (Å²) in [7, 11) is 0. The number of urea groups is 1. The lowest BCUT2D eigenvalue weighted by atomic mass is 10.00. The summed E-state index contributed by atoms with van der Waals surface area (Å²) in [4.78, 5) is 41.8. The molecular weight excluding hydrogens is 558 g/mol. The van der Waals surface area contributed by atoms with Gasteiger partial charge in [-0.2, -0.15) is 0 Å². The number of carboxylic acid groups (broad SMARTS) is 1. The fourth-order valence-electron chi connectivity index (χ4n) is 4.67. The normalized spacial score (nSPS) is 12.4. The number of rotatable bonds is 17. The predicted octanol–water partition coefficient (Wildman–Crippen LogP) is 6.87. The van der Waals surface area contributed by atoms with Gasteiger partial charge in [-0.05, 0) is 47.6 Å². The molecule has 3 aromatic rings. The van der Waals surface area contributed by atoms with Crippen molar-refractivity contribution in [2.75, 3.05) is 18.8 Å². The zero-order chi connectivity index (χ0) is 31.0. The smallest absolute Gasteiger partial charge is 0.318 e. The number of carbonyl (C=O) groups is 3. The van der Waals surface area contributed by atoms with Crippen LogP contribution in [-0.2, 0) is 16.0 Å². The Morgan fingerprint density at radius 2 is 1.51 bits per heavy atom. The first-order valence-electron chi connectivity index (χ1n) is 15.2. The van der Waals surface area contributed by atoms with Crippen LogP contribution in [-0.4, -0.2) is 58.8 Å². The van der Waals surface area contributed by atoms with Crippen molar-refractivity contribution in [1.29, 1.82) is 0 Å². The van der Waals surface area contributed by atoms with Gasteiger partial charge in [-0.25, -0.2) is 4.79 Å². The van der Waals surface area contributed by atoms with Gasteiger partial charge < -0.3 is 20.6 Å². The minimum Gasteiger partial charge on any atom is -0.481 e. The van der Waals surface area contributed by atoms with Gasteiger partial charge in [0.05, 0.1) is 12.5 Å². The van der Waals surface area contributed by atoms with E-state index < -0.39 is 24.1 Å². The van der Waals surface area contributed by atoms with Crippen molar-refractivity contribution in [2.45, 2.75) is 69.9 Å². The Balaban J connectivity index is 1.82. The summed E-state index contributed by atoms with van der Waals surface area (Å²) < 4.78 is 0. The summed E-state index contributed by atoms with van der Waals surface area (Å²) in [5, 5.41) is 15.7. The number of thioether (sulfide) groups is 1. The molecule has 0 spiro atoms. The highest BCUT2D eigenvalue weighted by atomic mass is 32.2. The molecule has 3 aromatic carbocycles. The van der Waals surface area contributed by atoms with E-state index in [1.54, 1.807) is 4.90 Å². The lowest BCUT2D eigenvalue weighted by molar-refractivity contribution is -0.138. The number of aliphatic carboxylic acids is 1. The summed E-state index contributed by atoms with van der Waals surface area (Å²) in [6.45, 7) is 7.13. The van der Waals surface area contributed by atoms with E-state index in [0.717, 1.165) is 34.4 Å². The topological polar surface area (TPSA) is 98.7 Å². The van der Waals surface area contributed by atoms with Crippen LogP contribution in [0.15, 0.2) is 89.8 Å². The van der Waals surface area contributed by atoms with Crippen LogP contribution in [0, 0.1) is 5.92 Å². The van der Waals surface area contributed by atoms with E-state index >= 15 is 0 Å². The van der Waals surface area contributed by atoms with Gasteiger partial charge in [0.2, 0.25) is 5.91 Å². The Hall–Kier alpha value is -3.78. The third-order valence-electron chi connectivity index (χ3n) is 7.19. The number of hydrogen-bond donors (Lipinski definition) is 3. The molecule has 0 radical (unpaired) electrons. The number of carboxylic acids is 1. The monoisotopic (exact) mass is 603 g/mol. The molecular formula is C35H45N3O4S. The molecule has 230 valence electrons. The number of carbonyl (C=O) groups excluding carboxylic acids is 2. The summed E-state index contributed by atoms with van der Waals surface area (Å²) in [5.74, 6) is -0.464. The molecule has 0 aliphatic rings. The Morgan fingerprint density at radius 3 is 2.12 bits per heavy atom. The molecule has 0 fully saturated rings. The van der Waals surface area contributed by atoms with Gasteiger partial charge in [-0.15, -0.1) is 11.8 Å². The van der Waals surface area contributed by atoms with Crippen molar-refractivity contribution in [2.24, 2.45) is 5.92 Å². The summed E-state index contributed by atoms with van der Waals surface area (Å²) in [6, 6.07) is 26.1. The molecule has 0 bridgehead atoms. The second-order valence-corrected chi connectivity index (χ2v) is 12.3. The zero-order valence-corrected chi connectivity index (χ0v) is 26.3. The number of hydrogen-bond acceptors (Lipinski definition) is 4. The van der Waals surface area contributed by atoms with Crippen LogP contribution >= 0.6 is 11.8 Å². The van der Waals surface area contributed by atoms with Gasteiger partial charge in [0.25, 0.3) is 0 Å². The Morgan fingerprint density at radius 1 is 0.884 bits per heavy atom. The lowest BCUT2D eigenvalue weighted by Gasteiger charge is -2.33. The van der Waals surface area contributed by atoms with Crippen molar-refractivity contribution in [3.63, 3.8) is 0 Å². The van der Waals surface area contributed by atoms with Crippen molar-refractivity contribution in [1.82, 2.24) is 15.5 Å². The number of benzene rings is 3. The molecule has 8 heteroatoms. The van der Waals surface area contributed by atoms with Crippen LogP contribution in [0.3, 0.4) is 0 Å². The number of nitrogens with zero attached hydrogens (tertiary/aromatic N) is 1. The van der Waals surface area contributed by atoms with Crippen molar-refractivity contribution < 1.29 is 19.5 Å². The van der Waals surface area contributed by atoms with Gasteiger partial charge in [0.15, 0.2) is 0 Å². The average molecular weight is 604 g/mol. The van der Waals surface area contributed by atoms with E-state index in [9.17, 15) is 19.5 Å². The summed E-state index contributed by atoms with van der Waals surface area (Å²) >= 11 is 1.53. The Kier molecular flexibility index (Phi) is 14.1. The van der Waals surface area contributed by atoms with Gasteiger partial charge in [0, 0.05) is 30.2 Å². The van der Waals surface area contributed by atoms with E-state index in [2.05, 4.69) is 43.5 Å². The van der Waals surface area contributed by atoms with Crippen LogP contribution in [0.2, 0.25) is 0 Å². The van der Waals surface area contributed by atoms with Crippen LogP contribution in [0.25, 0.3) is 11.1 Å². The third-order valence-corrected chi connectivity index (χ3v) is 8.35. The standard InChI is InChI=1S/C35H45N3O4S/c1-4-5-21-36-34(41)32(23-27-16-18-29(19-17-27)28-12-8-6-9-13-28)37-35(42)38(22-20-26(2)3)30(24-33(39)40)25-43-31-14-10-7-11-15-31/h6-19,26,30,32H,4-5,20-25H2,1-3H3,(H,36,41)(H,37,42)(H,39,40)/t30?,32-/m0/s1. The maximum Gasteiger partial charge on any atom is 0.318 e. The fourth-order valence-corrected chi connectivity index (χ4v) is 5.70. The average Bonchev–Trinajstić information content (AvgIpc) is 3.00. The van der Waals surface area contributed by atoms with Crippen molar-refractivity contribution in [3.05, 3.63) is 90.5 Å². The molecule has 0 saturated heterocycles. The maximum absolute atomic E-state index is 13.9. The van der Waals surface area contributed by atoms with Crippen LogP contribution in [0.5, 0.6) is 0 Å². The van der Waals surface area contributed by atoms with E-state index in [4.69, 9.17) is 0 Å². The first-order chi connectivity index (χ1) is 20.8. The predicted molar refractivity (Wildman–Crippen MR) is 175 cm³/mol. The van der Waals surface area contributed by atoms with E-state index in [1.807, 2.05) is 72.8 Å². The second kappa shape index (κ2) is 18.0. The molecule has 0 aliphatic carbocycles. The first-order valence-corrected chi connectivity index (χ1v) is 16.1. The maximum atomic E-state index is 13.9. The van der Waals surface area contributed by atoms with Gasteiger partial charge in [-0.3, -0.25) is 9.59 Å². The molecule has 7 nitrogen and oxygen atoms in total. The van der Waals surface area contributed by atoms with Crippen molar-refractivity contribution in [3.8, 4) is 11.1 Å². The second-order valence-electron chi connectivity index (χ2n) is 11.2. The van der Waals surface area contributed by atoms with Gasteiger partial charge in [0.1, 0.15) is 6.04 Å². The minimum absolute atomic E-state index is 0.181. The SMILES string of the molecule is CCCCNC(=O)[C@H](Cc1ccc(-c2ccccc2)cc1)NC(=O)N(CCC(C)C)C(CSc1ccccc1)CC(=O)O.